The van der Waals surface area contributed by atoms with Gasteiger partial charge in [-0.15, -0.1) is 0 Å². The van der Waals surface area contributed by atoms with Crippen LogP contribution in [-0.4, -0.2) is 0 Å². The predicted molar refractivity (Wildman–Crippen MR) is 94.0 cm³/mol. The number of hydrogen-bond donors (Lipinski definition) is 1. The summed E-state index contributed by atoms with van der Waals surface area (Å²) in [5.74, 6) is 0.801. The smallest absolute Gasteiger partial charge is 0.0294 e. The Bertz CT molecular complexity index is 552. The van der Waals surface area contributed by atoms with Crippen LogP contribution >= 0.6 is 0 Å². The first-order valence-electron chi connectivity index (χ1n) is 8.70. The molecule has 0 heterocycles. The normalized spacial score (nSPS) is 17.3. The van der Waals surface area contributed by atoms with E-state index in [0.29, 0.717) is 6.04 Å². The number of rotatable bonds is 5. The van der Waals surface area contributed by atoms with Crippen LogP contribution in [0.3, 0.4) is 0 Å². The van der Waals surface area contributed by atoms with Crippen molar-refractivity contribution in [2.45, 2.75) is 57.5 Å². The van der Waals surface area contributed by atoms with Gasteiger partial charge in [-0.1, -0.05) is 73.9 Å². The lowest BCUT2D eigenvalue weighted by Gasteiger charge is -2.22. The summed E-state index contributed by atoms with van der Waals surface area (Å²) in [5.41, 5.74) is 4.27. The van der Waals surface area contributed by atoms with Crippen LogP contribution in [0.1, 0.15) is 67.7 Å². The molecule has 2 aromatic rings. The van der Waals surface area contributed by atoms with Crippen molar-refractivity contribution >= 4 is 0 Å². The molecule has 1 N–H and O–H groups in total. The van der Waals surface area contributed by atoms with Gasteiger partial charge >= 0.3 is 0 Å². The van der Waals surface area contributed by atoms with Gasteiger partial charge in [-0.05, 0) is 42.4 Å². The van der Waals surface area contributed by atoms with Crippen molar-refractivity contribution in [3.8, 4) is 0 Å². The third-order valence-corrected chi connectivity index (χ3v) is 4.97. The topological polar surface area (TPSA) is 12.0 Å². The molecule has 1 saturated carbocycles. The zero-order valence-corrected chi connectivity index (χ0v) is 13.6. The molecule has 1 fully saturated rings. The van der Waals surface area contributed by atoms with Crippen LogP contribution in [0.2, 0.25) is 0 Å². The Labute approximate surface area is 134 Å². The molecular weight excluding hydrogens is 266 g/mol. The van der Waals surface area contributed by atoms with Gasteiger partial charge in [-0.2, -0.15) is 0 Å². The first-order chi connectivity index (χ1) is 10.8. The van der Waals surface area contributed by atoms with Crippen molar-refractivity contribution in [1.29, 1.82) is 0 Å². The number of benzene rings is 2. The van der Waals surface area contributed by atoms with E-state index in [4.69, 9.17) is 0 Å². The molecule has 1 heteroatoms. The molecule has 1 aliphatic carbocycles. The molecule has 116 valence electrons. The fourth-order valence-electron chi connectivity index (χ4n) is 3.48. The molecule has 2 aromatic carbocycles. The van der Waals surface area contributed by atoms with Gasteiger partial charge in [0, 0.05) is 12.6 Å². The van der Waals surface area contributed by atoms with E-state index in [1.54, 1.807) is 5.56 Å². The second kappa shape index (κ2) is 7.60. The summed E-state index contributed by atoms with van der Waals surface area (Å²) < 4.78 is 0. The van der Waals surface area contributed by atoms with E-state index in [-0.39, 0.29) is 0 Å². The maximum Gasteiger partial charge on any atom is 0.0294 e. The molecule has 0 aliphatic heterocycles. The Morgan fingerprint density at radius 1 is 0.909 bits per heavy atom. The quantitative estimate of drug-likeness (QED) is 0.758. The molecule has 0 bridgehead atoms. The summed E-state index contributed by atoms with van der Waals surface area (Å²) in [6.45, 7) is 3.17. The molecule has 22 heavy (non-hydrogen) atoms. The third kappa shape index (κ3) is 3.98. The van der Waals surface area contributed by atoms with Crippen LogP contribution in [0.15, 0.2) is 54.6 Å². The molecule has 0 spiro atoms. The zero-order valence-electron chi connectivity index (χ0n) is 13.6. The highest BCUT2D eigenvalue weighted by Gasteiger charge is 2.15. The summed E-state index contributed by atoms with van der Waals surface area (Å²) in [5, 5.41) is 3.61. The van der Waals surface area contributed by atoms with Gasteiger partial charge in [-0.3, -0.25) is 0 Å². The minimum absolute atomic E-state index is 0.389. The highest BCUT2D eigenvalue weighted by atomic mass is 14.9. The molecule has 1 unspecified atom stereocenters. The SMILES string of the molecule is CC(NCc1ccccc1)c1ccc(C2CCCCC2)cc1. The lowest BCUT2D eigenvalue weighted by Crippen LogP contribution is -2.18. The maximum absolute atomic E-state index is 3.61. The standard InChI is InChI=1S/C21H27N/c1-17(22-16-18-8-4-2-5-9-18)19-12-14-21(15-13-19)20-10-6-3-7-11-20/h2,4-5,8-9,12-15,17,20,22H,3,6-7,10-11,16H2,1H3. The first-order valence-corrected chi connectivity index (χ1v) is 8.70. The van der Waals surface area contributed by atoms with E-state index >= 15 is 0 Å². The molecule has 0 amide bonds. The second-order valence-electron chi connectivity index (χ2n) is 6.59. The van der Waals surface area contributed by atoms with Crippen molar-refractivity contribution < 1.29 is 0 Å². The third-order valence-electron chi connectivity index (χ3n) is 4.97. The summed E-state index contributed by atoms with van der Waals surface area (Å²) in [6.07, 6.45) is 6.99. The van der Waals surface area contributed by atoms with Crippen molar-refractivity contribution in [3.05, 3.63) is 71.3 Å². The largest absolute Gasteiger partial charge is 0.306 e. The van der Waals surface area contributed by atoms with Crippen LogP contribution in [0, 0.1) is 0 Å². The van der Waals surface area contributed by atoms with Crippen LogP contribution < -0.4 is 5.32 Å². The van der Waals surface area contributed by atoms with Crippen molar-refractivity contribution in [2.24, 2.45) is 0 Å². The summed E-state index contributed by atoms with van der Waals surface area (Å²) in [4.78, 5) is 0. The molecule has 1 nitrogen and oxygen atoms in total. The van der Waals surface area contributed by atoms with Gasteiger partial charge in [0.05, 0.1) is 0 Å². The molecular formula is C21H27N. The Hall–Kier alpha value is -1.60. The predicted octanol–water partition coefficient (Wildman–Crippen LogP) is 5.59. The molecule has 0 radical (unpaired) electrons. The summed E-state index contributed by atoms with van der Waals surface area (Å²) in [6, 6.07) is 20.3. The van der Waals surface area contributed by atoms with E-state index in [1.165, 1.54) is 43.2 Å². The van der Waals surface area contributed by atoms with Gasteiger partial charge in [-0.25, -0.2) is 0 Å². The highest BCUT2D eigenvalue weighted by Crippen LogP contribution is 2.32. The fraction of sp³-hybridized carbons (Fsp3) is 0.429. The monoisotopic (exact) mass is 293 g/mol. The second-order valence-corrected chi connectivity index (χ2v) is 6.59. The van der Waals surface area contributed by atoms with Gasteiger partial charge in [0.15, 0.2) is 0 Å². The van der Waals surface area contributed by atoms with Crippen molar-refractivity contribution in [1.82, 2.24) is 5.32 Å². The minimum Gasteiger partial charge on any atom is -0.306 e. The lowest BCUT2D eigenvalue weighted by atomic mass is 9.84. The molecule has 0 aromatic heterocycles. The molecule has 1 aliphatic rings. The molecule has 3 rings (SSSR count). The van der Waals surface area contributed by atoms with Gasteiger partial charge < -0.3 is 5.32 Å². The van der Waals surface area contributed by atoms with E-state index in [9.17, 15) is 0 Å². The summed E-state index contributed by atoms with van der Waals surface area (Å²) >= 11 is 0. The molecule has 0 saturated heterocycles. The summed E-state index contributed by atoms with van der Waals surface area (Å²) in [7, 11) is 0. The Balaban J connectivity index is 1.57. The maximum atomic E-state index is 3.61. The first kappa shape index (κ1) is 15.3. The van der Waals surface area contributed by atoms with Crippen molar-refractivity contribution in [3.63, 3.8) is 0 Å². The van der Waals surface area contributed by atoms with Gasteiger partial charge in [0.25, 0.3) is 0 Å². The average molecular weight is 293 g/mol. The van der Waals surface area contributed by atoms with Crippen LogP contribution in [0.25, 0.3) is 0 Å². The van der Waals surface area contributed by atoms with E-state index in [0.717, 1.165) is 12.5 Å². The average Bonchev–Trinajstić information content (AvgIpc) is 2.61. The minimum atomic E-state index is 0.389. The van der Waals surface area contributed by atoms with Gasteiger partial charge in [0.1, 0.15) is 0 Å². The Morgan fingerprint density at radius 3 is 2.27 bits per heavy atom. The number of nitrogens with one attached hydrogen (secondary N) is 1. The van der Waals surface area contributed by atoms with Crippen LogP contribution in [-0.2, 0) is 6.54 Å². The highest BCUT2D eigenvalue weighted by molar-refractivity contribution is 5.27. The van der Waals surface area contributed by atoms with E-state index in [1.807, 2.05) is 0 Å². The van der Waals surface area contributed by atoms with E-state index in [2.05, 4.69) is 66.8 Å². The zero-order chi connectivity index (χ0) is 15.2. The van der Waals surface area contributed by atoms with Crippen LogP contribution in [0.5, 0.6) is 0 Å². The van der Waals surface area contributed by atoms with E-state index < -0.39 is 0 Å². The Morgan fingerprint density at radius 2 is 1.59 bits per heavy atom. The Kier molecular flexibility index (Phi) is 5.29. The van der Waals surface area contributed by atoms with Crippen molar-refractivity contribution in [2.75, 3.05) is 0 Å². The van der Waals surface area contributed by atoms with Crippen LogP contribution in [0.4, 0.5) is 0 Å². The number of hydrogen-bond acceptors (Lipinski definition) is 1. The molecule has 1 atom stereocenters. The van der Waals surface area contributed by atoms with Gasteiger partial charge in [0.2, 0.25) is 0 Å². The fourth-order valence-corrected chi connectivity index (χ4v) is 3.48. The lowest BCUT2D eigenvalue weighted by molar-refractivity contribution is 0.443.